The fourth-order valence-electron chi connectivity index (χ4n) is 2.43. The highest BCUT2D eigenvalue weighted by atomic mass is 32.1. The van der Waals surface area contributed by atoms with E-state index in [0.29, 0.717) is 6.54 Å². The van der Waals surface area contributed by atoms with Crippen molar-refractivity contribution in [2.45, 2.75) is 33.7 Å². The molecule has 7 heteroatoms. The summed E-state index contributed by atoms with van der Waals surface area (Å²) in [5, 5.41) is 8.36. The molecule has 2 heterocycles. The Balaban J connectivity index is 2.04. The van der Waals surface area contributed by atoms with Crippen LogP contribution < -0.4 is 10.6 Å². The zero-order valence-electron chi connectivity index (χ0n) is 13.9. The summed E-state index contributed by atoms with van der Waals surface area (Å²) in [6.45, 7) is 6.54. The van der Waals surface area contributed by atoms with E-state index in [-0.39, 0.29) is 24.8 Å². The molecule has 0 saturated carbocycles. The van der Waals surface area contributed by atoms with Crippen LogP contribution in [0.5, 0.6) is 0 Å². The second-order valence-corrected chi connectivity index (χ2v) is 6.46. The van der Waals surface area contributed by atoms with E-state index in [0.717, 1.165) is 27.7 Å². The number of carbonyl (C=O) groups excluding carboxylic acids is 2. The molecule has 0 spiro atoms. The Morgan fingerprint density at radius 3 is 2.61 bits per heavy atom. The highest BCUT2D eigenvalue weighted by molar-refractivity contribution is 7.09. The lowest BCUT2D eigenvalue weighted by Gasteiger charge is -2.10. The van der Waals surface area contributed by atoms with Crippen molar-refractivity contribution in [1.29, 1.82) is 0 Å². The molecule has 2 N–H and O–H groups in total. The van der Waals surface area contributed by atoms with Gasteiger partial charge < -0.3 is 15.2 Å². The minimum Gasteiger partial charge on any atom is -0.359 e. The largest absolute Gasteiger partial charge is 0.359 e. The highest BCUT2D eigenvalue weighted by Gasteiger charge is 2.15. The van der Waals surface area contributed by atoms with Gasteiger partial charge in [-0.05, 0) is 26.8 Å². The minimum atomic E-state index is -0.100. The summed E-state index contributed by atoms with van der Waals surface area (Å²) in [5.74, 6) is -0.184. The van der Waals surface area contributed by atoms with Crippen LogP contribution in [0.15, 0.2) is 11.4 Å². The Morgan fingerprint density at radius 1 is 1.26 bits per heavy atom. The maximum Gasteiger partial charge on any atom is 0.239 e. The molecule has 0 bridgehead atoms. The Morgan fingerprint density at radius 2 is 2.00 bits per heavy atom. The summed E-state index contributed by atoms with van der Waals surface area (Å²) in [7, 11) is 1.58. The average molecular weight is 334 g/mol. The van der Waals surface area contributed by atoms with Crippen molar-refractivity contribution in [3.63, 3.8) is 0 Å². The molecule has 0 fully saturated rings. The lowest BCUT2D eigenvalue weighted by atomic mass is 10.2. The summed E-state index contributed by atoms with van der Waals surface area (Å²) in [6, 6.07) is 2.06. The highest BCUT2D eigenvalue weighted by Crippen LogP contribution is 2.27. The molecule has 0 radical (unpaired) electrons. The number of aromatic nitrogens is 2. The van der Waals surface area contributed by atoms with E-state index in [1.807, 2.05) is 30.7 Å². The van der Waals surface area contributed by atoms with E-state index in [2.05, 4.69) is 21.7 Å². The van der Waals surface area contributed by atoms with Crippen LogP contribution >= 0.6 is 11.3 Å². The zero-order chi connectivity index (χ0) is 17.0. The Kier molecular flexibility index (Phi) is 5.54. The fourth-order valence-corrected chi connectivity index (χ4v) is 3.04. The van der Waals surface area contributed by atoms with Gasteiger partial charge in [0.05, 0.1) is 10.7 Å². The molecule has 124 valence electrons. The van der Waals surface area contributed by atoms with Crippen LogP contribution in [0, 0.1) is 20.8 Å². The molecule has 2 aromatic rings. The van der Waals surface area contributed by atoms with E-state index >= 15 is 0 Å². The van der Waals surface area contributed by atoms with Gasteiger partial charge in [-0.2, -0.15) is 0 Å². The van der Waals surface area contributed by atoms with Crippen LogP contribution in [-0.4, -0.2) is 35.0 Å². The predicted molar refractivity (Wildman–Crippen MR) is 91.4 cm³/mol. The number of carbonyl (C=O) groups is 2. The van der Waals surface area contributed by atoms with Gasteiger partial charge >= 0.3 is 0 Å². The first-order valence-electron chi connectivity index (χ1n) is 7.49. The first kappa shape index (κ1) is 17.2. The maximum absolute atomic E-state index is 12.1. The molecule has 2 rings (SSSR count). The average Bonchev–Trinajstić information content (AvgIpc) is 3.05. The topological polar surface area (TPSA) is 76.0 Å². The molecule has 2 aromatic heterocycles. The number of thiazole rings is 1. The lowest BCUT2D eigenvalue weighted by Crippen LogP contribution is -2.32. The predicted octanol–water partition coefficient (Wildman–Crippen LogP) is 1.79. The minimum absolute atomic E-state index is 0.0835. The third kappa shape index (κ3) is 4.19. The molecule has 0 aromatic carbocycles. The third-order valence-corrected chi connectivity index (χ3v) is 4.50. The number of hydrogen-bond acceptors (Lipinski definition) is 4. The molecule has 0 aliphatic heterocycles. The van der Waals surface area contributed by atoms with Crippen molar-refractivity contribution in [2.75, 3.05) is 13.6 Å². The number of aryl methyl sites for hydroxylation is 2. The normalized spacial score (nSPS) is 10.6. The smallest absolute Gasteiger partial charge is 0.239 e. The SMILES string of the molecule is CNC(=O)CCNC(=O)Cn1c(C)cc(-c2csc(C)n2)c1C. The molecular weight excluding hydrogens is 312 g/mol. The molecule has 0 unspecified atom stereocenters. The summed E-state index contributed by atoms with van der Waals surface area (Å²) >= 11 is 1.62. The monoisotopic (exact) mass is 334 g/mol. The van der Waals surface area contributed by atoms with E-state index in [4.69, 9.17) is 0 Å². The third-order valence-electron chi connectivity index (χ3n) is 3.72. The number of rotatable bonds is 6. The van der Waals surface area contributed by atoms with Gasteiger partial charge in [-0.1, -0.05) is 0 Å². The molecule has 0 aliphatic rings. The van der Waals surface area contributed by atoms with Gasteiger partial charge in [0.25, 0.3) is 0 Å². The van der Waals surface area contributed by atoms with Crippen LogP contribution in [0.2, 0.25) is 0 Å². The van der Waals surface area contributed by atoms with E-state index in [9.17, 15) is 9.59 Å². The van der Waals surface area contributed by atoms with Crippen molar-refractivity contribution in [1.82, 2.24) is 20.2 Å². The van der Waals surface area contributed by atoms with Crippen molar-refractivity contribution in [3.8, 4) is 11.3 Å². The van der Waals surface area contributed by atoms with Crippen LogP contribution in [0.25, 0.3) is 11.3 Å². The maximum atomic E-state index is 12.1. The molecule has 6 nitrogen and oxygen atoms in total. The molecule has 0 aliphatic carbocycles. The number of amides is 2. The molecule has 0 saturated heterocycles. The Labute approximate surface area is 139 Å². The van der Waals surface area contributed by atoms with Crippen molar-refractivity contribution in [3.05, 3.63) is 27.8 Å². The van der Waals surface area contributed by atoms with Crippen LogP contribution in [0.1, 0.15) is 22.8 Å². The zero-order valence-corrected chi connectivity index (χ0v) is 14.7. The Bertz CT molecular complexity index is 718. The van der Waals surface area contributed by atoms with Crippen molar-refractivity contribution < 1.29 is 9.59 Å². The second kappa shape index (κ2) is 7.41. The van der Waals surface area contributed by atoms with Gasteiger partial charge in [0.2, 0.25) is 11.8 Å². The molecule has 23 heavy (non-hydrogen) atoms. The van der Waals surface area contributed by atoms with Crippen molar-refractivity contribution >= 4 is 23.2 Å². The van der Waals surface area contributed by atoms with Gasteiger partial charge in [0, 0.05) is 42.3 Å². The van der Waals surface area contributed by atoms with Crippen LogP contribution in [0.4, 0.5) is 0 Å². The first-order chi connectivity index (χ1) is 10.9. The van der Waals surface area contributed by atoms with E-state index in [1.54, 1.807) is 18.4 Å². The van der Waals surface area contributed by atoms with Gasteiger partial charge in [-0.25, -0.2) is 4.98 Å². The molecular formula is C16H22N4O2S. The van der Waals surface area contributed by atoms with Gasteiger partial charge in [0.1, 0.15) is 6.54 Å². The summed E-state index contributed by atoms with van der Waals surface area (Å²) < 4.78 is 1.97. The second-order valence-electron chi connectivity index (χ2n) is 5.40. The first-order valence-corrected chi connectivity index (χ1v) is 8.37. The van der Waals surface area contributed by atoms with Gasteiger partial charge in [0.15, 0.2) is 0 Å². The Hall–Kier alpha value is -2.15. The number of nitrogens with one attached hydrogen (secondary N) is 2. The standard InChI is InChI=1S/C16H22N4O2S/c1-10-7-13(14-9-23-12(3)19-14)11(2)20(10)8-16(22)18-6-5-15(21)17-4/h7,9H,5-6,8H2,1-4H3,(H,17,21)(H,18,22). The fraction of sp³-hybridized carbons (Fsp3) is 0.438. The van der Waals surface area contributed by atoms with Crippen LogP contribution in [0.3, 0.4) is 0 Å². The lowest BCUT2D eigenvalue weighted by molar-refractivity contribution is -0.122. The van der Waals surface area contributed by atoms with Crippen LogP contribution in [-0.2, 0) is 16.1 Å². The number of nitrogens with zero attached hydrogens (tertiary/aromatic N) is 2. The van der Waals surface area contributed by atoms with Crippen molar-refractivity contribution in [2.24, 2.45) is 0 Å². The summed E-state index contributed by atoms with van der Waals surface area (Å²) in [5.41, 5.74) is 4.05. The van der Waals surface area contributed by atoms with E-state index < -0.39 is 0 Å². The van der Waals surface area contributed by atoms with Gasteiger partial charge in [-0.15, -0.1) is 11.3 Å². The summed E-state index contributed by atoms with van der Waals surface area (Å²) in [4.78, 5) is 27.7. The quantitative estimate of drug-likeness (QED) is 0.845. The van der Waals surface area contributed by atoms with E-state index in [1.165, 1.54) is 0 Å². The number of hydrogen-bond donors (Lipinski definition) is 2. The molecule has 2 amide bonds. The molecule has 0 atom stereocenters. The summed E-state index contributed by atoms with van der Waals surface area (Å²) in [6.07, 6.45) is 0.287. The van der Waals surface area contributed by atoms with Gasteiger partial charge in [-0.3, -0.25) is 9.59 Å².